The number of ether oxygens (including phenoxy) is 1. The molecule has 4 nitrogen and oxygen atoms in total. The van der Waals surface area contributed by atoms with E-state index in [1.165, 1.54) is 12.0 Å². The molecule has 1 atom stereocenters. The van der Waals surface area contributed by atoms with Crippen LogP contribution >= 0.6 is 22.7 Å². The molecule has 0 bridgehead atoms. The topological polar surface area (TPSA) is 51.2 Å². The quantitative estimate of drug-likeness (QED) is 0.737. The van der Waals surface area contributed by atoms with E-state index in [-0.39, 0.29) is 5.97 Å². The summed E-state index contributed by atoms with van der Waals surface area (Å²) < 4.78 is 4.65. The van der Waals surface area contributed by atoms with Crippen molar-refractivity contribution < 1.29 is 9.53 Å². The fourth-order valence-electron chi connectivity index (χ4n) is 2.03. The Labute approximate surface area is 133 Å². The van der Waals surface area contributed by atoms with Crippen molar-refractivity contribution in [3.8, 4) is 0 Å². The van der Waals surface area contributed by atoms with Crippen molar-refractivity contribution in [1.82, 2.24) is 4.98 Å². The van der Waals surface area contributed by atoms with Crippen molar-refractivity contribution in [3.05, 3.63) is 33.5 Å². The maximum absolute atomic E-state index is 11.1. The third-order valence-electron chi connectivity index (χ3n) is 3.13. The second-order valence-corrected chi connectivity index (χ2v) is 6.56. The Balaban J connectivity index is 1.95. The molecule has 6 heteroatoms. The maximum Gasteiger partial charge on any atom is 0.305 e. The number of hydrogen-bond acceptors (Lipinski definition) is 6. The van der Waals surface area contributed by atoms with E-state index < -0.39 is 0 Å². The Kier molecular flexibility index (Phi) is 6.20. The molecule has 0 aliphatic heterocycles. The van der Waals surface area contributed by atoms with Crippen LogP contribution in [0.15, 0.2) is 22.9 Å². The van der Waals surface area contributed by atoms with Crippen molar-refractivity contribution in [2.45, 2.75) is 38.6 Å². The highest BCUT2D eigenvalue weighted by Gasteiger charge is 2.13. The summed E-state index contributed by atoms with van der Waals surface area (Å²) in [6, 6.07) is 4.55. The van der Waals surface area contributed by atoms with E-state index in [4.69, 9.17) is 0 Å². The van der Waals surface area contributed by atoms with Gasteiger partial charge in [-0.3, -0.25) is 4.79 Å². The summed E-state index contributed by atoms with van der Waals surface area (Å²) in [5, 5.41) is 8.53. The van der Waals surface area contributed by atoms with Gasteiger partial charge in [0, 0.05) is 16.7 Å². The summed E-state index contributed by atoms with van der Waals surface area (Å²) in [7, 11) is 1.41. The summed E-state index contributed by atoms with van der Waals surface area (Å²) >= 11 is 3.36. The monoisotopic (exact) mass is 324 g/mol. The number of thiophene rings is 1. The second kappa shape index (κ2) is 8.14. The van der Waals surface area contributed by atoms with E-state index in [9.17, 15) is 4.79 Å². The smallest absolute Gasteiger partial charge is 0.305 e. The molecule has 0 aliphatic carbocycles. The molecule has 0 fully saturated rings. The van der Waals surface area contributed by atoms with Crippen LogP contribution in [0.1, 0.15) is 42.8 Å². The molecule has 114 valence electrons. The lowest BCUT2D eigenvalue weighted by Gasteiger charge is -2.15. The van der Waals surface area contributed by atoms with E-state index in [0.717, 1.165) is 23.7 Å². The molecular formula is C15H20N2O2S2. The van der Waals surface area contributed by atoms with Gasteiger partial charge in [0.15, 0.2) is 5.13 Å². The summed E-state index contributed by atoms with van der Waals surface area (Å²) in [4.78, 5) is 17.0. The number of methoxy groups -OCH3 is 1. The molecule has 0 radical (unpaired) electrons. The SMILES string of the molecule is CCCC(Nc1nc(CCC(=O)OC)cs1)c1cccs1. The van der Waals surface area contributed by atoms with Crippen LogP contribution < -0.4 is 5.32 Å². The first-order valence-corrected chi connectivity index (χ1v) is 8.80. The highest BCUT2D eigenvalue weighted by Crippen LogP contribution is 2.29. The van der Waals surface area contributed by atoms with Crippen molar-refractivity contribution in [2.75, 3.05) is 12.4 Å². The molecule has 2 rings (SSSR count). The summed E-state index contributed by atoms with van der Waals surface area (Å²) in [5.41, 5.74) is 0.939. The number of rotatable bonds is 8. The normalized spacial score (nSPS) is 12.1. The van der Waals surface area contributed by atoms with Gasteiger partial charge in [0.2, 0.25) is 0 Å². The highest BCUT2D eigenvalue weighted by molar-refractivity contribution is 7.13. The zero-order chi connectivity index (χ0) is 15.1. The Morgan fingerprint density at radius 3 is 3.00 bits per heavy atom. The summed E-state index contributed by atoms with van der Waals surface area (Å²) in [6.45, 7) is 2.19. The first-order valence-electron chi connectivity index (χ1n) is 7.04. The molecule has 1 N–H and O–H groups in total. The molecule has 0 saturated heterocycles. The first kappa shape index (κ1) is 16.0. The van der Waals surface area contributed by atoms with Gasteiger partial charge in [0.25, 0.3) is 0 Å². The molecule has 2 aromatic heterocycles. The molecule has 0 saturated carbocycles. The maximum atomic E-state index is 11.1. The Morgan fingerprint density at radius 1 is 1.48 bits per heavy atom. The van der Waals surface area contributed by atoms with Crippen molar-refractivity contribution >= 4 is 33.8 Å². The Morgan fingerprint density at radius 2 is 2.33 bits per heavy atom. The summed E-state index contributed by atoms with van der Waals surface area (Å²) in [6.07, 6.45) is 3.21. The zero-order valence-electron chi connectivity index (χ0n) is 12.3. The molecular weight excluding hydrogens is 304 g/mol. The van der Waals surface area contributed by atoms with E-state index in [1.807, 2.05) is 5.38 Å². The number of esters is 1. The van der Waals surface area contributed by atoms with Crippen LogP contribution in [0.25, 0.3) is 0 Å². The first-order chi connectivity index (χ1) is 10.2. The standard InChI is InChI=1S/C15H20N2O2S2/c1-3-5-12(13-6-4-9-20-13)17-15-16-11(10-21-15)7-8-14(18)19-2/h4,6,9-10,12H,3,5,7-8H2,1-2H3,(H,16,17). The van der Waals surface area contributed by atoms with E-state index in [0.29, 0.717) is 18.9 Å². The average Bonchev–Trinajstić information content (AvgIpc) is 3.15. The van der Waals surface area contributed by atoms with Crippen LogP contribution in [0.4, 0.5) is 5.13 Å². The van der Waals surface area contributed by atoms with Crippen molar-refractivity contribution in [3.63, 3.8) is 0 Å². The van der Waals surface area contributed by atoms with Gasteiger partial charge in [-0.05, 0) is 17.9 Å². The number of thiazole rings is 1. The lowest BCUT2D eigenvalue weighted by molar-refractivity contribution is -0.140. The number of hydrogen-bond donors (Lipinski definition) is 1. The van der Waals surface area contributed by atoms with Crippen LogP contribution in [0, 0.1) is 0 Å². The van der Waals surface area contributed by atoms with Crippen LogP contribution in [-0.2, 0) is 16.0 Å². The van der Waals surface area contributed by atoms with E-state index in [1.54, 1.807) is 22.7 Å². The molecule has 0 aliphatic rings. The van der Waals surface area contributed by atoms with Gasteiger partial charge in [-0.25, -0.2) is 4.98 Å². The van der Waals surface area contributed by atoms with Crippen LogP contribution in [0.2, 0.25) is 0 Å². The third kappa shape index (κ3) is 4.82. The number of carbonyl (C=O) groups is 1. The number of nitrogens with one attached hydrogen (secondary N) is 1. The van der Waals surface area contributed by atoms with Gasteiger partial charge < -0.3 is 10.1 Å². The molecule has 2 aromatic rings. The molecule has 0 amide bonds. The fourth-order valence-corrected chi connectivity index (χ4v) is 3.64. The minimum Gasteiger partial charge on any atom is -0.469 e. The number of nitrogens with zero attached hydrogens (tertiary/aromatic N) is 1. The molecule has 0 spiro atoms. The lowest BCUT2D eigenvalue weighted by Crippen LogP contribution is -2.09. The Bertz CT molecular complexity index is 552. The minimum absolute atomic E-state index is 0.194. The predicted octanol–water partition coefficient (Wildman–Crippen LogP) is 4.26. The molecule has 1 unspecified atom stereocenters. The number of anilines is 1. The predicted molar refractivity (Wildman–Crippen MR) is 88.0 cm³/mol. The average molecular weight is 324 g/mol. The highest BCUT2D eigenvalue weighted by atomic mass is 32.1. The van der Waals surface area contributed by atoms with Gasteiger partial charge in [-0.15, -0.1) is 22.7 Å². The minimum atomic E-state index is -0.194. The van der Waals surface area contributed by atoms with Gasteiger partial charge >= 0.3 is 5.97 Å². The molecule has 0 aromatic carbocycles. The fraction of sp³-hybridized carbons (Fsp3) is 0.467. The second-order valence-electron chi connectivity index (χ2n) is 4.72. The largest absolute Gasteiger partial charge is 0.469 e. The van der Waals surface area contributed by atoms with E-state index >= 15 is 0 Å². The van der Waals surface area contributed by atoms with Crippen LogP contribution in [0.5, 0.6) is 0 Å². The van der Waals surface area contributed by atoms with Crippen molar-refractivity contribution in [2.24, 2.45) is 0 Å². The van der Waals surface area contributed by atoms with Gasteiger partial charge in [-0.1, -0.05) is 19.4 Å². The van der Waals surface area contributed by atoms with E-state index in [2.05, 4.69) is 39.5 Å². The van der Waals surface area contributed by atoms with Crippen LogP contribution in [0.3, 0.4) is 0 Å². The van der Waals surface area contributed by atoms with Gasteiger partial charge in [-0.2, -0.15) is 0 Å². The third-order valence-corrected chi connectivity index (χ3v) is 4.93. The lowest BCUT2D eigenvalue weighted by atomic mass is 10.1. The summed E-state index contributed by atoms with van der Waals surface area (Å²) in [5.74, 6) is -0.194. The molecule has 2 heterocycles. The zero-order valence-corrected chi connectivity index (χ0v) is 13.9. The molecule has 21 heavy (non-hydrogen) atoms. The number of carbonyl (C=O) groups excluding carboxylic acids is 1. The number of aromatic nitrogens is 1. The van der Waals surface area contributed by atoms with Gasteiger partial charge in [0.05, 0.1) is 25.3 Å². The Hall–Kier alpha value is -1.40. The van der Waals surface area contributed by atoms with Crippen LogP contribution in [-0.4, -0.2) is 18.1 Å². The van der Waals surface area contributed by atoms with Gasteiger partial charge in [0.1, 0.15) is 0 Å². The number of aryl methyl sites for hydroxylation is 1. The van der Waals surface area contributed by atoms with Crippen molar-refractivity contribution in [1.29, 1.82) is 0 Å².